The molecule has 0 aromatic heterocycles. The molecular formula is C24H26N2O3S2. The maximum Gasteiger partial charge on any atom is 0.255 e. The Balaban J connectivity index is 1.77. The topological polar surface area (TPSA) is 66.5 Å². The largest absolute Gasteiger partial charge is 0.321 e. The summed E-state index contributed by atoms with van der Waals surface area (Å²) in [5.74, 6) is 0.716. The van der Waals surface area contributed by atoms with Crippen molar-refractivity contribution in [3.63, 3.8) is 0 Å². The molecule has 0 bridgehead atoms. The Morgan fingerprint density at radius 2 is 1.71 bits per heavy atom. The summed E-state index contributed by atoms with van der Waals surface area (Å²) in [6.45, 7) is 4.19. The molecule has 0 fully saturated rings. The monoisotopic (exact) mass is 454 g/mol. The van der Waals surface area contributed by atoms with Gasteiger partial charge in [0.05, 0.1) is 24.2 Å². The summed E-state index contributed by atoms with van der Waals surface area (Å²) < 4.78 is 26.1. The minimum atomic E-state index is -3.46. The van der Waals surface area contributed by atoms with Crippen molar-refractivity contribution in [1.82, 2.24) is 0 Å². The average Bonchev–Trinajstić information content (AvgIpc) is 2.73. The quantitative estimate of drug-likeness (QED) is 0.468. The predicted molar refractivity (Wildman–Crippen MR) is 129 cm³/mol. The van der Waals surface area contributed by atoms with Crippen molar-refractivity contribution < 1.29 is 13.2 Å². The van der Waals surface area contributed by atoms with Crippen LogP contribution in [0.5, 0.6) is 0 Å². The van der Waals surface area contributed by atoms with E-state index < -0.39 is 10.0 Å². The molecule has 0 atom stereocenters. The van der Waals surface area contributed by atoms with Crippen LogP contribution in [0.15, 0.2) is 77.7 Å². The van der Waals surface area contributed by atoms with E-state index in [-0.39, 0.29) is 12.5 Å². The van der Waals surface area contributed by atoms with E-state index in [1.54, 1.807) is 42.1 Å². The first-order chi connectivity index (χ1) is 14.8. The smallest absolute Gasteiger partial charge is 0.255 e. The van der Waals surface area contributed by atoms with Crippen LogP contribution in [-0.4, -0.2) is 26.3 Å². The van der Waals surface area contributed by atoms with Gasteiger partial charge >= 0.3 is 0 Å². The fourth-order valence-corrected chi connectivity index (χ4v) is 4.80. The molecule has 0 aliphatic heterocycles. The van der Waals surface area contributed by atoms with Crippen molar-refractivity contribution in [2.75, 3.05) is 21.6 Å². The Morgan fingerprint density at radius 1 is 1.00 bits per heavy atom. The van der Waals surface area contributed by atoms with Crippen molar-refractivity contribution in [2.24, 2.45) is 0 Å². The number of hydrogen-bond acceptors (Lipinski definition) is 4. The molecule has 0 saturated carbocycles. The maximum absolute atomic E-state index is 12.7. The van der Waals surface area contributed by atoms with Gasteiger partial charge in [-0.3, -0.25) is 9.10 Å². The van der Waals surface area contributed by atoms with Crippen LogP contribution in [0.4, 0.5) is 11.4 Å². The number of carbonyl (C=O) groups excluding carboxylic acids is 1. The molecule has 0 unspecified atom stereocenters. The highest BCUT2D eigenvalue weighted by molar-refractivity contribution is 7.99. The van der Waals surface area contributed by atoms with Crippen LogP contribution in [0.3, 0.4) is 0 Å². The summed E-state index contributed by atoms with van der Waals surface area (Å²) in [7, 11) is -3.46. The predicted octanol–water partition coefficient (Wildman–Crippen LogP) is 5.33. The molecule has 0 aliphatic rings. The number of nitrogens with zero attached hydrogens (tertiary/aromatic N) is 1. The van der Waals surface area contributed by atoms with Crippen LogP contribution in [0, 0.1) is 6.92 Å². The number of carbonyl (C=O) groups is 1. The Morgan fingerprint density at radius 3 is 2.35 bits per heavy atom. The van der Waals surface area contributed by atoms with Gasteiger partial charge in [-0.25, -0.2) is 8.42 Å². The standard InChI is InChI=1S/C24H26N2O3S2/c1-4-30-23-11-6-5-10-22(23)25-24(27)20-14-12-19(13-15-20)17-26(31(3,28)29)21-9-7-8-18(2)16-21/h5-16H,4,17H2,1-3H3,(H,25,27). The summed E-state index contributed by atoms with van der Waals surface area (Å²) in [5, 5.41) is 2.96. The highest BCUT2D eigenvalue weighted by atomic mass is 32.2. The molecule has 7 heteroatoms. The Hall–Kier alpha value is -2.77. The van der Waals surface area contributed by atoms with Gasteiger partial charge in [-0.2, -0.15) is 0 Å². The number of para-hydroxylation sites is 1. The van der Waals surface area contributed by atoms with Crippen LogP contribution < -0.4 is 9.62 Å². The van der Waals surface area contributed by atoms with Crippen molar-refractivity contribution in [1.29, 1.82) is 0 Å². The first-order valence-corrected chi connectivity index (χ1v) is 12.8. The van der Waals surface area contributed by atoms with Gasteiger partial charge in [0.25, 0.3) is 5.91 Å². The Labute approximate surface area is 188 Å². The zero-order valence-electron chi connectivity index (χ0n) is 17.8. The molecule has 0 saturated heterocycles. The summed E-state index contributed by atoms with van der Waals surface area (Å²) >= 11 is 1.67. The van der Waals surface area contributed by atoms with Gasteiger partial charge in [0.1, 0.15) is 0 Å². The maximum atomic E-state index is 12.7. The second-order valence-corrected chi connectivity index (χ2v) is 10.4. The molecular weight excluding hydrogens is 428 g/mol. The molecule has 0 heterocycles. The van der Waals surface area contributed by atoms with Crippen LogP contribution in [0.1, 0.15) is 28.4 Å². The normalized spacial score (nSPS) is 11.2. The van der Waals surface area contributed by atoms with E-state index in [0.29, 0.717) is 11.3 Å². The number of aryl methyl sites for hydroxylation is 1. The number of thioether (sulfide) groups is 1. The lowest BCUT2D eigenvalue weighted by molar-refractivity contribution is 0.102. The zero-order valence-corrected chi connectivity index (χ0v) is 19.5. The number of nitrogens with one attached hydrogen (secondary N) is 1. The third kappa shape index (κ3) is 6.12. The van der Waals surface area contributed by atoms with E-state index in [2.05, 4.69) is 12.2 Å². The molecule has 1 amide bonds. The number of amides is 1. The van der Waals surface area contributed by atoms with E-state index in [9.17, 15) is 13.2 Å². The third-order valence-corrected chi connectivity index (χ3v) is 6.76. The Bertz CT molecular complexity index is 1160. The Kier molecular flexibility index (Phi) is 7.41. The lowest BCUT2D eigenvalue weighted by Gasteiger charge is -2.23. The molecule has 0 radical (unpaired) electrons. The molecule has 3 aromatic rings. The summed E-state index contributed by atoms with van der Waals surface area (Å²) in [5.41, 5.74) is 3.70. The second kappa shape index (κ2) is 10.0. The number of sulfonamides is 1. The van der Waals surface area contributed by atoms with Crippen LogP contribution >= 0.6 is 11.8 Å². The fourth-order valence-electron chi connectivity index (χ4n) is 3.16. The number of benzene rings is 3. The highest BCUT2D eigenvalue weighted by Gasteiger charge is 2.18. The fraction of sp³-hybridized carbons (Fsp3) is 0.208. The van der Waals surface area contributed by atoms with Gasteiger partial charge in [-0.05, 0) is 60.2 Å². The lowest BCUT2D eigenvalue weighted by Crippen LogP contribution is -2.29. The second-order valence-electron chi connectivity index (χ2n) is 7.19. The third-order valence-electron chi connectivity index (χ3n) is 4.67. The van der Waals surface area contributed by atoms with Crippen molar-refractivity contribution >= 4 is 39.1 Å². The van der Waals surface area contributed by atoms with Gasteiger partial charge in [0.15, 0.2) is 0 Å². The van der Waals surface area contributed by atoms with E-state index in [4.69, 9.17) is 0 Å². The molecule has 3 rings (SSSR count). The van der Waals surface area contributed by atoms with E-state index in [0.717, 1.165) is 27.5 Å². The lowest BCUT2D eigenvalue weighted by atomic mass is 10.1. The van der Waals surface area contributed by atoms with Crippen LogP contribution in [0.25, 0.3) is 0 Å². The minimum absolute atomic E-state index is 0.195. The zero-order chi connectivity index (χ0) is 22.4. The van der Waals surface area contributed by atoms with Gasteiger partial charge in [0.2, 0.25) is 10.0 Å². The number of anilines is 2. The molecule has 162 valence electrons. The minimum Gasteiger partial charge on any atom is -0.321 e. The highest BCUT2D eigenvalue weighted by Crippen LogP contribution is 2.27. The number of hydrogen-bond donors (Lipinski definition) is 1. The molecule has 3 aromatic carbocycles. The van der Waals surface area contributed by atoms with Gasteiger partial charge in [0, 0.05) is 10.5 Å². The molecule has 31 heavy (non-hydrogen) atoms. The first-order valence-electron chi connectivity index (χ1n) is 9.94. The number of rotatable bonds is 8. The molecule has 0 aliphatic carbocycles. The molecule has 1 N–H and O–H groups in total. The first kappa shape index (κ1) is 22.9. The molecule has 5 nitrogen and oxygen atoms in total. The summed E-state index contributed by atoms with van der Waals surface area (Å²) in [6, 6.07) is 22.1. The van der Waals surface area contributed by atoms with Crippen molar-refractivity contribution in [2.45, 2.75) is 25.3 Å². The van der Waals surface area contributed by atoms with Gasteiger partial charge < -0.3 is 5.32 Å². The van der Waals surface area contributed by atoms with Crippen LogP contribution in [-0.2, 0) is 16.6 Å². The van der Waals surface area contributed by atoms with Gasteiger partial charge in [-0.15, -0.1) is 11.8 Å². The van der Waals surface area contributed by atoms with Crippen LogP contribution in [0.2, 0.25) is 0 Å². The average molecular weight is 455 g/mol. The summed E-state index contributed by atoms with van der Waals surface area (Å²) in [6.07, 6.45) is 1.20. The van der Waals surface area contributed by atoms with Crippen molar-refractivity contribution in [3.8, 4) is 0 Å². The van der Waals surface area contributed by atoms with Crippen molar-refractivity contribution in [3.05, 3.63) is 89.5 Å². The SMILES string of the molecule is CCSc1ccccc1NC(=O)c1ccc(CN(c2cccc(C)c2)S(C)(=O)=O)cc1. The van der Waals surface area contributed by atoms with Gasteiger partial charge in [-0.1, -0.05) is 43.3 Å². The summed E-state index contributed by atoms with van der Waals surface area (Å²) in [4.78, 5) is 13.7. The molecule has 0 spiro atoms. The van der Waals surface area contributed by atoms with E-state index in [1.807, 2.05) is 49.4 Å². The van der Waals surface area contributed by atoms with E-state index in [1.165, 1.54) is 10.6 Å². The van der Waals surface area contributed by atoms with E-state index >= 15 is 0 Å².